The smallest absolute Gasteiger partial charge is 0.417 e. The zero-order valence-corrected chi connectivity index (χ0v) is 18.3. The second-order valence-corrected chi connectivity index (χ2v) is 7.52. The van der Waals surface area contributed by atoms with Gasteiger partial charge in [0, 0.05) is 12.1 Å². The summed E-state index contributed by atoms with van der Waals surface area (Å²) in [6.45, 7) is 1.24. The molecule has 0 bridgehead atoms. The van der Waals surface area contributed by atoms with Crippen molar-refractivity contribution < 1.29 is 22.6 Å². The first kappa shape index (κ1) is 23.4. The van der Waals surface area contributed by atoms with Crippen LogP contribution in [0.5, 0.6) is 11.5 Å². The highest BCUT2D eigenvalue weighted by atomic mass is 19.4. The maximum atomic E-state index is 14.4. The molecule has 0 spiro atoms. The van der Waals surface area contributed by atoms with Crippen LogP contribution in [0.3, 0.4) is 0 Å². The van der Waals surface area contributed by atoms with Gasteiger partial charge in [0.05, 0.1) is 12.7 Å². The largest absolute Gasteiger partial charge is 0.497 e. The normalized spacial score (nSPS) is 12.5. The third-order valence-corrected chi connectivity index (χ3v) is 4.92. The lowest BCUT2D eigenvalue weighted by atomic mass is 9.89. The first-order valence-corrected chi connectivity index (χ1v) is 10.2. The van der Waals surface area contributed by atoms with Crippen molar-refractivity contribution in [3.8, 4) is 11.5 Å². The summed E-state index contributed by atoms with van der Waals surface area (Å²) in [5.74, 6) is 1.11. The number of hydrogen-bond acceptors (Lipinski definition) is 3. The summed E-state index contributed by atoms with van der Waals surface area (Å²) in [6, 6.07) is 21.3. The molecule has 0 aliphatic rings. The third-order valence-electron chi connectivity index (χ3n) is 4.92. The summed E-state index contributed by atoms with van der Waals surface area (Å²) in [6.07, 6.45) is -4.57. The number of ether oxygens (including phenoxy) is 2. The predicted molar refractivity (Wildman–Crippen MR) is 122 cm³/mol. The van der Waals surface area contributed by atoms with Gasteiger partial charge >= 0.3 is 6.18 Å². The van der Waals surface area contributed by atoms with E-state index in [4.69, 9.17) is 9.47 Å². The molecule has 0 N–H and O–H groups in total. The van der Waals surface area contributed by atoms with Crippen LogP contribution in [0.25, 0.3) is 11.1 Å². The summed E-state index contributed by atoms with van der Waals surface area (Å²) in [5, 5.41) is 0. The Bertz CT molecular complexity index is 1030. The standard InChI is InChI=1S/C26H26F3NO2/c1-30(2)17-18-32-23-15-9-20(10-16-23)24(19-7-5-4-6-8-19)25(26(27,28)29)21-11-13-22(31-3)14-12-21/h4-16H,17-18H2,1-3H3. The van der Waals surface area contributed by atoms with Crippen LogP contribution < -0.4 is 9.47 Å². The highest BCUT2D eigenvalue weighted by Crippen LogP contribution is 2.43. The second kappa shape index (κ2) is 10.4. The van der Waals surface area contributed by atoms with Gasteiger partial charge in [-0.05, 0) is 55.1 Å². The molecule has 0 heterocycles. The number of methoxy groups -OCH3 is 1. The van der Waals surface area contributed by atoms with Gasteiger partial charge in [0.2, 0.25) is 0 Å². The zero-order chi connectivity index (χ0) is 23.1. The Morgan fingerprint density at radius 3 is 1.81 bits per heavy atom. The van der Waals surface area contributed by atoms with Crippen LogP contribution in [0.4, 0.5) is 13.2 Å². The molecular formula is C26H26F3NO2. The predicted octanol–water partition coefficient (Wildman–Crippen LogP) is 6.16. The van der Waals surface area contributed by atoms with Crippen molar-refractivity contribution in [2.75, 3.05) is 34.4 Å². The molecule has 0 unspecified atom stereocenters. The van der Waals surface area contributed by atoms with Gasteiger partial charge in [-0.3, -0.25) is 0 Å². The number of benzene rings is 3. The molecular weight excluding hydrogens is 415 g/mol. The fourth-order valence-corrected chi connectivity index (χ4v) is 3.33. The highest BCUT2D eigenvalue weighted by Gasteiger charge is 2.38. The van der Waals surface area contributed by atoms with Crippen molar-refractivity contribution in [2.24, 2.45) is 0 Å². The van der Waals surface area contributed by atoms with E-state index in [1.54, 1.807) is 54.6 Å². The lowest BCUT2D eigenvalue weighted by Crippen LogP contribution is -2.19. The molecule has 3 nitrogen and oxygen atoms in total. The third kappa shape index (κ3) is 5.92. The summed E-state index contributed by atoms with van der Waals surface area (Å²) in [5.41, 5.74) is 0.426. The minimum Gasteiger partial charge on any atom is -0.497 e. The topological polar surface area (TPSA) is 21.7 Å². The number of allylic oxidation sites excluding steroid dienone is 1. The quantitative estimate of drug-likeness (QED) is 0.391. The van der Waals surface area contributed by atoms with E-state index in [-0.39, 0.29) is 11.1 Å². The molecule has 0 aromatic heterocycles. The van der Waals surface area contributed by atoms with Crippen LogP contribution in [0.15, 0.2) is 78.9 Å². The number of halogens is 3. The van der Waals surface area contributed by atoms with Crippen molar-refractivity contribution in [3.63, 3.8) is 0 Å². The zero-order valence-electron chi connectivity index (χ0n) is 18.3. The molecule has 0 radical (unpaired) electrons. The number of rotatable bonds is 8. The Morgan fingerprint density at radius 1 is 0.750 bits per heavy atom. The lowest BCUT2D eigenvalue weighted by molar-refractivity contribution is -0.0685. The maximum absolute atomic E-state index is 14.4. The molecule has 0 saturated carbocycles. The summed E-state index contributed by atoms with van der Waals surface area (Å²) < 4.78 is 54.0. The van der Waals surface area contributed by atoms with Crippen molar-refractivity contribution in [1.29, 1.82) is 0 Å². The van der Waals surface area contributed by atoms with E-state index in [2.05, 4.69) is 0 Å². The minimum absolute atomic E-state index is 0.0727. The summed E-state index contributed by atoms with van der Waals surface area (Å²) >= 11 is 0. The molecule has 0 amide bonds. The van der Waals surface area contributed by atoms with E-state index in [1.807, 2.05) is 19.0 Å². The van der Waals surface area contributed by atoms with Crippen LogP contribution in [-0.4, -0.2) is 45.4 Å². The molecule has 32 heavy (non-hydrogen) atoms. The van der Waals surface area contributed by atoms with Gasteiger partial charge in [-0.25, -0.2) is 0 Å². The average molecular weight is 441 g/mol. The lowest BCUT2D eigenvalue weighted by Gasteiger charge is -2.20. The van der Waals surface area contributed by atoms with Gasteiger partial charge in [0.1, 0.15) is 18.1 Å². The van der Waals surface area contributed by atoms with Crippen LogP contribution in [0, 0.1) is 0 Å². The van der Waals surface area contributed by atoms with Crippen LogP contribution in [-0.2, 0) is 0 Å². The van der Waals surface area contributed by atoms with Gasteiger partial charge in [0.25, 0.3) is 0 Å². The van der Waals surface area contributed by atoms with Gasteiger partial charge < -0.3 is 14.4 Å². The van der Waals surface area contributed by atoms with Crippen molar-refractivity contribution in [3.05, 3.63) is 95.6 Å². The van der Waals surface area contributed by atoms with Gasteiger partial charge in [-0.1, -0.05) is 54.6 Å². The van der Waals surface area contributed by atoms with Crippen molar-refractivity contribution >= 4 is 11.1 Å². The number of hydrogen-bond donors (Lipinski definition) is 0. The Kier molecular flexibility index (Phi) is 7.59. The SMILES string of the molecule is COc1ccc(C(=C(c2ccccc2)c2ccc(OCCN(C)C)cc2)C(F)(F)F)cc1. The Hall–Kier alpha value is -3.25. The van der Waals surface area contributed by atoms with Gasteiger partial charge in [-0.15, -0.1) is 0 Å². The van der Waals surface area contributed by atoms with Crippen LogP contribution in [0.1, 0.15) is 16.7 Å². The van der Waals surface area contributed by atoms with Gasteiger partial charge in [-0.2, -0.15) is 13.2 Å². The number of alkyl halides is 3. The molecule has 0 saturated heterocycles. The Morgan fingerprint density at radius 2 is 1.28 bits per heavy atom. The minimum atomic E-state index is -4.57. The van der Waals surface area contributed by atoms with E-state index in [9.17, 15) is 13.2 Å². The Labute approximate surface area is 186 Å². The molecule has 3 rings (SSSR count). The van der Waals surface area contributed by atoms with E-state index in [1.165, 1.54) is 31.4 Å². The monoisotopic (exact) mass is 441 g/mol. The second-order valence-electron chi connectivity index (χ2n) is 7.52. The fourth-order valence-electron chi connectivity index (χ4n) is 3.33. The number of likely N-dealkylation sites (N-methyl/N-ethyl adjacent to an activating group) is 1. The van der Waals surface area contributed by atoms with E-state index in [0.717, 1.165) is 6.54 Å². The number of nitrogens with zero attached hydrogens (tertiary/aromatic N) is 1. The molecule has 3 aromatic carbocycles. The fraction of sp³-hybridized carbons (Fsp3) is 0.231. The highest BCUT2D eigenvalue weighted by molar-refractivity contribution is 6.00. The molecule has 168 valence electrons. The molecule has 0 aliphatic carbocycles. The Balaban J connectivity index is 2.12. The van der Waals surface area contributed by atoms with Crippen LogP contribution >= 0.6 is 0 Å². The van der Waals surface area contributed by atoms with Crippen LogP contribution in [0.2, 0.25) is 0 Å². The average Bonchev–Trinajstić information content (AvgIpc) is 2.78. The van der Waals surface area contributed by atoms with Crippen molar-refractivity contribution in [2.45, 2.75) is 6.18 Å². The maximum Gasteiger partial charge on any atom is 0.417 e. The van der Waals surface area contributed by atoms with E-state index in [0.29, 0.717) is 29.2 Å². The molecule has 3 aromatic rings. The molecule has 0 aliphatic heterocycles. The molecule has 0 atom stereocenters. The molecule has 0 fully saturated rings. The first-order valence-electron chi connectivity index (χ1n) is 10.2. The molecule has 6 heteroatoms. The van der Waals surface area contributed by atoms with Gasteiger partial charge in [0.15, 0.2) is 0 Å². The van der Waals surface area contributed by atoms with E-state index < -0.39 is 11.7 Å². The summed E-state index contributed by atoms with van der Waals surface area (Å²) in [7, 11) is 5.37. The van der Waals surface area contributed by atoms with Crippen molar-refractivity contribution in [1.82, 2.24) is 4.90 Å². The summed E-state index contributed by atoms with van der Waals surface area (Å²) in [4.78, 5) is 2.00. The van der Waals surface area contributed by atoms with E-state index >= 15 is 0 Å². The first-order chi connectivity index (χ1) is 15.3.